The Bertz CT molecular complexity index is 981. The Hall–Kier alpha value is -2.83. The number of pyridine rings is 1. The summed E-state index contributed by atoms with van der Waals surface area (Å²) >= 11 is 0. The average molecular weight is 406 g/mol. The van der Waals surface area contributed by atoms with Gasteiger partial charge in [0.1, 0.15) is 12.0 Å². The zero-order chi connectivity index (χ0) is 20.9. The lowest BCUT2D eigenvalue weighted by atomic mass is 9.71. The highest BCUT2D eigenvalue weighted by Crippen LogP contribution is 2.53. The van der Waals surface area contributed by atoms with Crippen molar-refractivity contribution in [2.45, 2.75) is 64.1 Å². The number of rotatable bonds is 2. The molecule has 156 valence electrons. The van der Waals surface area contributed by atoms with Gasteiger partial charge in [-0.15, -0.1) is 0 Å². The number of hydrogen-bond donors (Lipinski definition) is 0. The lowest BCUT2D eigenvalue weighted by molar-refractivity contribution is -0.136. The van der Waals surface area contributed by atoms with Gasteiger partial charge < -0.3 is 9.80 Å². The smallest absolute Gasteiger partial charge is 0.273 e. The predicted molar refractivity (Wildman–Crippen MR) is 111 cm³/mol. The highest BCUT2D eigenvalue weighted by molar-refractivity contribution is 5.94. The minimum atomic E-state index is -0.0500. The van der Waals surface area contributed by atoms with Crippen LogP contribution in [0.1, 0.15) is 56.4 Å². The van der Waals surface area contributed by atoms with Crippen LogP contribution in [0.25, 0.3) is 11.3 Å². The first-order valence-electron chi connectivity index (χ1n) is 10.8. The molecule has 0 N–H and O–H groups in total. The van der Waals surface area contributed by atoms with Crippen LogP contribution in [0.5, 0.6) is 0 Å². The third kappa shape index (κ3) is 2.90. The maximum atomic E-state index is 13.7. The summed E-state index contributed by atoms with van der Waals surface area (Å²) in [6.07, 6.45) is 10.1. The number of amides is 2. The first-order valence-corrected chi connectivity index (χ1v) is 10.8. The van der Waals surface area contributed by atoms with E-state index in [4.69, 9.17) is 0 Å². The van der Waals surface area contributed by atoms with Gasteiger partial charge in [0.15, 0.2) is 0 Å². The molecule has 0 spiro atoms. The molecular weight excluding hydrogens is 378 g/mol. The molecule has 4 heterocycles. The largest absolute Gasteiger partial charge is 0.337 e. The van der Waals surface area contributed by atoms with Gasteiger partial charge in [0.2, 0.25) is 5.91 Å². The summed E-state index contributed by atoms with van der Waals surface area (Å²) in [5.41, 5.74) is 1.88. The van der Waals surface area contributed by atoms with Crippen molar-refractivity contribution >= 4 is 11.8 Å². The molecule has 0 aromatic carbocycles. The second-order valence-corrected chi connectivity index (χ2v) is 9.10. The van der Waals surface area contributed by atoms with Gasteiger partial charge >= 0.3 is 0 Å². The molecule has 2 amide bonds. The Morgan fingerprint density at radius 2 is 1.83 bits per heavy atom. The molecule has 7 nitrogen and oxygen atoms in total. The van der Waals surface area contributed by atoms with E-state index in [1.165, 1.54) is 6.33 Å². The van der Waals surface area contributed by atoms with Crippen molar-refractivity contribution in [2.24, 2.45) is 5.41 Å². The molecule has 2 aliphatic heterocycles. The molecule has 3 aliphatic rings. The maximum Gasteiger partial charge on any atom is 0.273 e. The van der Waals surface area contributed by atoms with Gasteiger partial charge in [-0.1, -0.05) is 25.8 Å². The van der Waals surface area contributed by atoms with Crippen LogP contribution in [0, 0.1) is 5.41 Å². The molecule has 1 aliphatic carbocycles. The molecular formula is C23H27N5O2. The van der Waals surface area contributed by atoms with Crippen molar-refractivity contribution in [3.05, 3.63) is 42.6 Å². The molecule has 2 bridgehead atoms. The van der Waals surface area contributed by atoms with Crippen molar-refractivity contribution in [1.82, 2.24) is 24.8 Å². The molecule has 2 saturated heterocycles. The van der Waals surface area contributed by atoms with E-state index < -0.39 is 0 Å². The zero-order valence-corrected chi connectivity index (χ0v) is 17.5. The molecule has 7 heteroatoms. The Morgan fingerprint density at radius 3 is 2.57 bits per heavy atom. The van der Waals surface area contributed by atoms with Crippen molar-refractivity contribution < 1.29 is 9.59 Å². The fraction of sp³-hybridized carbons (Fsp3) is 0.522. The Morgan fingerprint density at radius 1 is 1.10 bits per heavy atom. The predicted octanol–water partition coefficient (Wildman–Crippen LogP) is 2.93. The van der Waals surface area contributed by atoms with Gasteiger partial charge in [0.25, 0.3) is 5.91 Å². The highest BCUT2D eigenvalue weighted by atomic mass is 16.2. The molecule has 5 rings (SSSR count). The number of fused-ring (bicyclic) bond motifs is 1. The lowest BCUT2D eigenvalue weighted by Gasteiger charge is -2.46. The van der Waals surface area contributed by atoms with Crippen molar-refractivity contribution in [2.75, 3.05) is 6.54 Å². The topological polar surface area (TPSA) is 79.3 Å². The first kappa shape index (κ1) is 19.2. The lowest BCUT2D eigenvalue weighted by Crippen LogP contribution is -2.55. The molecule has 4 atom stereocenters. The summed E-state index contributed by atoms with van der Waals surface area (Å²) in [4.78, 5) is 43.0. The van der Waals surface area contributed by atoms with E-state index in [-0.39, 0.29) is 35.4 Å². The summed E-state index contributed by atoms with van der Waals surface area (Å²) in [6, 6.07) is 5.95. The minimum absolute atomic E-state index is 0.0292. The molecule has 3 fully saturated rings. The van der Waals surface area contributed by atoms with Gasteiger partial charge in [-0.2, -0.15) is 0 Å². The first-order chi connectivity index (χ1) is 14.5. The highest BCUT2D eigenvalue weighted by Gasteiger charge is 2.60. The van der Waals surface area contributed by atoms with Gasteiger partial charge in [-0.3, -0.25) is 9.59 Å². The SMILES string of the molecule is CC(=O)N1C[C@@H]2C[C@@]3(C)[C@H](CCCC[C@@H]13)N2C(=O)c1cccc(-c2cncnc2)n1. The molecule has 0 unspecified atom stereocenters. The van der Waals surface area contributed by atoms with E-state index in [2.05, 4.69) is 26.8 Å². The Balaban J connectivity index is 1.51. The van der Waals surface area contributed by atoms with E-state index in [0.29, 0.717) is 17.9 Å². The molecule has 2 aromatic heterocycles. The normalized spacial score (nSPS) is 30.1. The summed E-state index contributed by atoms with van der Waals surface area (Å²) in [7, 11) is 0. The standard InChI is InChI=1S/C23H27N5O2/c1-15(29)27-13-17-10-23(2)20(27)8-3-4-9-21(23)28(17)22(30)19-7-5-6-18(26-19)16-11-24-14-25-12-16/h5-7,11-12,14,17,20-21H,3-4,8-10,13H2,1-2H3/t17-,20+,21-,23+/m0/s1. The number of likely N-dealkylation sites (tertiary alicyclic amines) is 2. The van der Waals surface area contributed by atoms with Gasteiger partial charge in [0, 0.05) is 48.9 Å². The van der Waals surface area contributed by atoms with Gasteiger partial charge in [-0.25, -0.2) is 15.0 Å². The van der Waals surface area contributed by atoms with Crippen LogP contribution in [0.4, 0.5) is 0 Å². The molecule has 1 saturated carbocycles. The average Bonchev–Trinajstić information content (AvgIpc) is 2.87. The monoisotopic (exact) mass is 405 g/mol. The molecule has 0 radical (unpaired) electrons. The van der Waals surface area contributed by atoms with E-state index in [9.17, 15) is 9.59 Å². The van der Waals surface area contributed by atoms with E-state index in [1.54, 1.807) is 25.4 Å². The number of nitrogens with zero attached hydrogens (tertiary/aromatic N) is 5. The number of carbonyl (C=O) groups excluding carboxylic acids is 2. The van der Waals surface area contributed by atoms with Crippen LogP contribution in [-0.2, 0) is 4.79 Å². The summed E-state index contributed by atoms with van der Waals surface area (Å²) in [5, 5.41) is 0. The van der Waals surface area contributed by atoms with E-state index in [1.807, 2.05) is 17.0 Å². The Kier molecular flexibility index (Phi) is 4.56. The quantitative estimate of drug-likeness (QED) is 0.768. The van der Waals surface area contributed by atoms with E-state index in [0.717, 1.165) is 37.7 Å². The van der Waals surface area contributed by atoms with Crippen LogP contribution < -0.4 is 0 Å². The van der Waals surface area contributed by atoms with Crippen LogP contribution in [0.2, 0.25) is 0 Å². The summed E-state index contributed by atoms with van der Waals surface area (Å²) in [5.74, 6) is 0.0913. The minimum Gasteiger partial charge on any atom is -0.337 e. The zero-order valence-electron chi connectivity index (χ0n) is 17.5. The van der Waals surface area contributed by atoms with Crippen LogP contribution in [0.3, 0.4) is 0 Å². The van der Waals surface area contributed by atoms with Gasteiger partial charge in [-0.05, 0) is 31.4 Å². The summed E-state index contributed by atoms with van der Waals surface area (Å²) in [6.45, 7) is 4.57. The van der Waals surface area contributed by atoms with Crippen molar-refractivity contribution in [3.8, 4) is 11.3 Å². The van der Waals surface area contributed by atoms with Crippen molar-refractivity contribution in [1.29, 1.82) is 0 Å². The van der Waals surface area contributed by atoms with Gasteiger partial charge in [0.05, 0.1) is 11.7 Å². The third-order valence-corrected chi connectivity index (χ3v) is 7.38. The Labute approximate surface area is 176 Å². The van der Waals surface area contributed by atoms with E-state index >= 15 is 0 Å². The van der Waals surface area contributed by atoms with Crippen LogP contribution in [-0.4, -0.2) is 61.2 Å². The fourth-order valence-corrected chi connectivity index (χ4v) is 6.10. The molecule has 30 heavy (non-hydrogen) atoms. The second-order valence-electron chi connectivity index (χ2n) is 9.10. The maximum absolute atomic E-state index is 13.7. The number of piperidine rings is 1. The number of carbonyl (C=O) groups is 2. The van der Waals surface area contributed by atoms with Crippen molar-refractivity contribution in [3.63, 3.8) is 0 Å². The third-order valence-electron chi connectivity index (χ3n) is 7.38. The number of aromatic nitrogens is 3. The molecule has 2 aromatic rings. The summed E-state index contributed by atoms with van der Waals surface area (Å²) < 4.78 is 0. The number of hydrogen-bond acceptors (Lipinski definition) is 5. The fourth-order valence-electron chi connectivity index (χ4n) is 6.10. The van der Waals surface area contributed by atoms with Crippen LogP contribution >= 0.6 is 0 Å². The van der Waals surface area contributed by atoms with Crippen LogP contribution in [0.15, 0.2) is 36.9 Å². The second kappa shape index (κ2) is 7.15.